The van der Waals surface area contributed by atoms with E-state index < -0.39 is 32.5 Å². The lowest BCUT2D eigenvalue weighted by molar-refractivity contribution is -0.161. The van der Waals surface area contributed by atoms with Gasteiger partial charge in [0.1, 0.15) is 6.61 Å². The molecule has 0 aliphatic heterocycles. The molecule has 0 heterocycles. The molecule has 0 aromatic carbocycles. The molecular formula is C45H77O9P. The van der Waals surface area contributed by atoms with Gasteiger partial charge in [0.2, 0.25) is 0 Å². The zero-order valence-electron chi connectivity index (χ0n) is 34.4. The Kier molecular flexibility index (Phi) is 37.8. The Morgan fingerprint density at radius 3 is 1.49 bits per heavy atom. The van der Waals surface area contributed by atoms with Crippen LogP contribution in [0.3, 0.4) is 0 Å². The summed E-state index contributed by atoms with van der Waals surface area (Å²) < 4.78 is 26.3. The SMILES string of the molecule is CCCCC/C=C\C/C=C\CCCCCCCCCCCC(=O)O[C@H](COC(=O)CCC/C=C\C/C=C\C/C=C\C/C=C\CC[C@@H](O)CC)COP(=O)(O)O. The molecule has 0 unspecified atom stereocenters. The summed E-state index contributed by atoms with van der Waals surface area (Å²) >= 11 is 0. The van der Waals surface area contributed by atoms with Gasteiger partial charge in [-0.15, -0.1) is 0 Å². The molecule has 0 aromatic rings. The van der Waals surface area contributed by atoms with Crippen molar-refractivity contribution < 1.29 is 43.0 Å². The maximum absolute atomic E-state index is 12.4. The van der Waals surface area contributed by atoms with E-state index >= 15 is 0 Å². The highest BCUT2D eigenvalue weighted by molar-refractivity contribution is 7.46. The number of aliphatic hydroxyl groups is 1. The number of esters is 2. The first kappa shape index (κ1) is 52.5. The van der Waals surface area contributed by atoms with E-state index in [0.717, 1.165) is 70.6 Å². The first-order valence-electron chi connectivity index (χ1n) is 21.3. The minimum atomic E-state index is -4.78. The monoisotopic (exact) mass is 793 g/mol. The molecular weight excluding hydrogens is 715 g/mol. The summed E-state index contributed by atoms with van der Waals surface area (Å²) in [7, 11) is -4.78. The molecule has 55 heavy (non-hydrogen) atoms. The second kappa shape index (κ2) is 39.7. The summed E-state index contributed by atoms with van der Waals surface area (Å²) in [5, 5.41) is 9.54. The normalized spacial score (nSPS) is 13.8. The lowest BCUT2D eigenvalue weighted by Crippen LogP contribution is -2.29. The van der Waals surface area contributed by atoms with Gasteiger partial charge in [-0.05, 0) is 89.9 Å². The average Bonchev–Trinajstić information content (AvgIpc) is 3.16. The Bertz CT molecular complexity index is 1140. The highest BCUT2D eigenvalue weighted by atomic mass is 31.2. The van der Waals surface area contributed by atoms with E-state index in [1.165, 1.54) is 57.8 Å². The summed E-state index contributed by atoms with van der Waals surface area (Å²) in [6.07, 6.45) is 48.5. The number of rotatable bonds is 38. The van der Waals surface area contributed by atoms with Crippen LogP contribution < -0.4 is 0 Å². The van der Waals surface area contributed by atoms with E-state index in [1.807, 2.05) is 19.1 Å². The molecule has 0 aliphatic carbocycles. The van der Waals surface area contributed by atoms with Crippen molar-refractivity contribution >= 4 is 19.8 Å². The van der Waals surface area contributed by atoms with Gasteiger partial charge in [0.05, 0.1) is 12.7 Å². The Hall–Kier alpha value is -2.55. The molecule has 0 radical (unpaired) electrons. The summed E-state index contributed by atoms with van der Waals surface area (Å²) in [6, 6.07) is 0. The van der Waals surface area contributed by atoms with Gasteiger partial charge in [-0.1, -0.05) is 145 Å². The molecule has 0 saturated heterocycles. The number of phosphoric acid groups is 1. The van der Waals surface area contributed by atoms with E-state index in [0.29, 0.717) is 19.3 Å². The number of phosphoric ester groups is 1. The fourth-order valence-electron chi connectivity index (χ4n) is 5.49. The molecule has 10 heteroatoms. The van der Waals surface area contributed by atoms with E-state index in [-0.39, 0.29) is 25.6 Å². The first-order valence-corrected chi connectivity index (χ1v) is 22.8. The number of carbonyl (C=O) groups excluding carboxylic acids is 2. The van der Waals surface area contributed by atoms with E-state index in [4.69, 9.17) is 19.3 Å². The van der Waals surface area contributed by atoms with Crippen LogP contribution in [-0.4, -0.2) is 52.3 Å². The Morgan fingerprint density at radius 2 is 0.982 bits per heavy atom. The van der Waals surface area contributed by atoms with E-state index in [1.54, 1.807) is 0 Å². The Morgan fingerprint density at radius 1 is 0.545 bits per heavy atom. The van der Waals surface area contributed by atoms with Crippen LogP contribution in [0.25, 0.3) is 0 Å². The molecule has 0 saturated carbocycles. The van der Waals surface area contributed by atoms with Crippen LogP contribution in [0.4, 0.5) is 0 Å². The zero-order valence-corrected chi connectivity index (χ0v) is 35.3. The van der Waals surface area contributed by atoms with Crippen LogP contribution in [0.2, 0.25) is 0 Å². The van der Waals surface area contributed by atoms with Crippen molar-refractivity contribution in [3.63, 3.8) is 0 Å². The average molecular weight is 793 g/mol. The van der Waals surface area contributed by atoms with Crippen LogP contribution in [-0.2, 0) is 28.2 Å². The smallest absolute Gasteiger partial charge is 0.462 e. The first-order chi connectivity index (χ1) is 26.7. The van der Waals surface area contributed by atoms with Gasteiger partial charge in [0, 0.05) is 12.8 Å². The molecule has 3 N–H and O–H groups in total. The van der Waals surface area contributed by atoms with Crippen LogP contribution in [0.15, 0.2) is 72.9 Å². The third kappa shape index (κ3) is 42.4. The van der Waals surface area contributed by atoms with Crippen molar-refractivity contribution in [3.8, 4) is 0 Å². The van der Waals surface area contributed by atoms with Crippen LogP contribution >= 0.6 is 7.82 Å². The summed E-state index contributed by atoms with van der Waals surface area (Å²) in [4.78, 5) is 42.8. The van der Waals surface area contributed by atoms with E-state index in [2.05, 4.69) is 72.2 Å². The topological polar surface area (TPSA) is 140 Å². The van der Waals surface area contributed by atoms with Crippen LogP contribution in [0, 0.1) is 0 Å². The minimum absolute atomic E-state index is 0.174. The maximum atomic E-state index is 12.4. The second-order valence-electron chi connectivity index (χ2n) is 14.1. The van der Waals surface area contributed by atoms with Gasteiger partial charge >= 0.3 is 19.8 Å². The lowest BCUT2D eigenvalue weighted by Gasteiger charge is -2.18. The number of unbranched alkanes of at least 4 members (excludes halogenated alkanes) is 13. The van der Waals surface area contributed by atoms with Crippen molar-refractivity contribution in [2.45, 2.75) is 187 Å². The van der Waals surface area contributed by atoms with Crippen molar-refractivity contribution in [1.82, 2.24) is 0 Å². The summed E-state index contributed by atoms with van der Waals surface area (Å²) in [5.74, 6) is -0.978. The molecule has 0 rings (SSSR count). The second-order valence-corrected chi connectivity index (χ2v) is 15.3. The molecule has 0 aliphatic rings. The number of hydrogen-bond acceptors (Lipinski definition) is 7. The number of carbonyl (C=O) groups is 2. The lowest BCUT2D eigenvalue weighted by atomic mass is 10.1. The molecule has 2 atom stereocenters. The zero-order chi connectivity index (χ0) is 40.5. The van der Waals surface area contributed by atoms with E-state index in [9.17, 15) is 19.3 Å². The maximum Gasteiger partial charge on any atom is 0.469 e. The molecule has 0 bridgehead atoms. The molecule has 9 nitrogen and oxygen atoms in total. The number of aliphatic hydroxyl groups excluding tert-OH is 1. The number of hydrogen-bond donors (Lipinski definition) is 3. The molecule has 0 aromatic heterocycles. The number of allylic oxidation sites excluding steroid dienone is 12. The van der Waals surface area contributed by atoms with Gasteiger partial charge in [0.25, 0.3) is 0 Å². The highest BCUT2D eigenvalue weighted by Gasteiger charge is 2.22. The van der Waals surface area contributed by atoms with Crippen molar-refractivity contribution in [1.29, 1.82) is 0 Å². The predicted octanol–water partition coefficient (Wildman–Crippen LogP) is 12.0. The van der Waals surface area contributed by atoms with Crippen LogP contribution in [0.5, 0.6) is 0 Å². The third-order valence-corrected chi connectivity index (χ3v) is 9.35. The Labute approximate surface area is 334 Å². The van der Waals surface area contributed by atoms with Gasteiger partial charge in [-0.3, -0.25) is 14.1 Å². The van der Waals surface area contributed by atoms with Gasteiger partial charge in [-0.25, -0.2) is 4.57 Å². The van der Waals surface area contributed by atoms with Crippen LogP contribution in [0.1, 0.15) is 174 Å². The molecule has 316 valence electrons. The Balaban J connectivity index is 4.03. The van der Waals surface area contributed by atoms with Gasteiger partial charge in [0.15, 0.2) is 6.10 Å². The third-order valence-electron chi connectivity index (χ3n) is 8.86. The fraction of sp³-hybridized carbons (Fsp3) is 0.689. The van der Waals surface area contributed by atoms with Gasteiger partial charge < -0.3 is 24.4 Å². The highest BCUT2D eigenvalue weighted by Crippen LogP contribution is 2.36. The van der Waals surface area contributed by atoms with Crippen molar-refractivity contribution in [3.05, 3.63) is 72.9 Å². The quantitative estimate of drug-likeness (QED) is 0.0241. The molecule has 0 amide bonds. The van der Waals surface area contributed by atoms with Gasteiger partial charge in [-0.2, -0.15) is 0 Å². The van der Waals surface area contributed by atoms with Crippen molar-refractivity contribution in [2.24, 2.45) is 0 Å². The predicted molar refractivity (Wildman–Crippen MR) is 226 cm³/mol. The summed E-state index contributed by atoms with van der Waals surface area (Å²) in [5.41, 5.74) is 0. The molecule has 0 fully saturated rings. The largest absolute Gasteiger partial charge is 0.469 e. The number of ether oxygens (including phenoxy) is 2. The van der Waals surface area contributed by atoms with Crippen molar-refractivity contribution in [2.75, 3.05) is 13.2 Å². The fourth-order valence-corrected chi connectivity index (χ4v) is 5.85. The summed E-state index contributed by atoms with van der Waals surface area (Å²) in [6.45, 7) is 3.33. The minimum Gasteiger partial charge on any atom is -0.462 e. The molecule has 0 spiro atoms. The standard InChI is InChI=1S/C45H77O9P/c1-3-5-6-7-8-9-10-11-12-13-14-15-16-21-24-27-30-33-36-39-45(48)54-43(41-53-55(49,50)51)40-52-44(47)38-35-32-29-26-23-20-18-17-19-22-25-28-31-34-37-42(46)4-2/h8-9,11-12,18-20,22,26,28-29,31,42-43,46H,3-7,10,13-17,21,23-25,27,30,32-41H2,1-2H3,(H2,49,50,51)/b9-8-,12-11-,20-18-,22-19-,29-26-,31-28-/t42-,43+/m0/s1.